The van der Waals surface area contributed by atoms with Crippen LogP contribution in [0.25, 0.3) is 5.69 Å². The van der Waals surface area contributed by atoms with Crippen molar-refractivity contribution in [3.8, 4) is 11.4 Å². The highest BCUT2D eigenvalue weighted by Crippen LogP contribution is 2.24. The van der Waals surface area contributed by atoms with Crippen LogP contribution < -0.4 is 10.5 Å². The Balaban J connectivity index is 2.63. The lowest BCUT2D eigenvalue weighted by molar-refractivity contribution is 0.0993. The fourth-order valence-electron chi connectivity index (χ4n) is 2.42. The van der Waals surface area contributed by atoms with Crippen LogP contribution in [0, 0.1) is 13.8 Å². The van der Waals surface area contributed by atoms with Gasteiger partial charge in [0.15, 0.2) is 5.78 Å². The van der Waals surface area contributed by atoms with E-state index in [1.54, 1.807) is 29.8 Å². The van der Waals surface area contributed by atoms with Crippen molar-refractivity contribution in [1.82, 2.24) is 9.78 Å². The van der Waals surface area contributed by atoms with E-state index in [4.69, 9.17) is 10.5 Å². The Labute approximate surface area is 122 Å². The first-order chi connectivity index (χ1) is 9.86. The zero-order chi connectivity index (χ0) is 15.7. The van der Waals surface area contributed by atoms with Gasteiger partial charge in [-0.1, -0.05) is 0 Å². The van der Waals surface area contributed by atoms with Crippen molar-refractivity contribution in [2.45, 2.75) is 20.8 Å². The summed E-state index contributed by atoms with van der Waals surface area (Å²) in [6.07, 6.45) is 0. The van der Waals surface area contributed by atoms with Crippen molar-refractivity contribution < 1.29 is 14.3 Å². The zero-order valence-corrected chi connectivity index (χ0v) is 12.4. The molecule has 6 nitrogen and oxygen atoms in total. The number of aromatic nitrogens is 2. The molecule has 0 atom stereocenters. The molecule has 0 saturated heterocycles. The molecule has 110 valence electrons. The molecule has 0 radical (unpaired) electrons. The average Bonchev–Trinajstić information content (AvgIpc) is 2.73. The van der Waals surface area contributed by atoms with E-state index in [2.05, 4.69) is 5.10 Å². The predicted molar refractivity (Wildman–Crippen MR) is 78.1 cm³/mol. The quantitative estimate of drug-likeness (QED) is 0.869. The summed E-state index contributed by atoms with van der Waals surface area (Å²) in [4.78, 5) is 23.1. The predicted octanol–water partition coefficient (Wildman–Crippen LogP) is 1.80. The van der Waals surface area contributed by atoms with Crippen molar-refractivity contribution in [3.63, 3.8) is 0 Å². The molecule has 6 heteroatoms. The number of nitrogens with zero attached hydrogens (tertiary/aromatic N) is 2. The van der Waals surface area contributed by atoms with Gasteiger partial charge >= 0.3 is 0 Å². The van der Waals surface area contributed by atoms with Crippen LogP contribution in [0.4, 0.5) is 0 Å². The van der Waals surface area contributed by atoms with Gasteiger partial charge in [0.2, 0.25) is 0 Å². The summed E-state index contributed by atoms with van der Waals surface area (Å²) in [6, 6.07) is 5.01. The van der Waals surface area contributed by atoms with E-state index >= 15 is 0 Å². The summed E-state index contributed by atoms with van der Waals surface area (Å²) < 4.78 is 6.73. The number of aryl methyl sites for hydroxylation is 1. The molecule has 2 rings (SSSR count). The molecule has 0 aliphatic heterocycles. The number of benzene rings is 1. The van der Waals surface area contributed by atoms with Crippen LogP contribution in [-0.4, -0.2) is 28.6 Å². The van der Waals surface area contributed by atoms with E-state index < -0.39 is 5.91 Å². The van der Waals surface area contributed by atoms with Crippen molar-refractivity contribution in [1.29, 1.82) is 0 Å². The second-order valence-corrected chi connectivity index (χ2v) is 4.76. The van der Waals surface area contributed by atoms with Gasteiger partial charge in [-0.15, -0.1) is 0 Å². The Morgan fingerprint density at radius 2 is 1.95 bits per heavy atom. The number of amides is 1. The third kappa shape index (κ3) is 2.52. The SMILES string of the molecule is COc1ccc(-n2nc(C)c(C(C)=O)c2C)cc1C(N)=O. The molecular weight excluding hydrogens is 270 g/mol. The number of rotatable bonds is 4. The molecule has 1 amide bonds. The molecule has 2 aromatic rings. The molecular formula is C15H17N3O3. The standard InChI is InChI=1S/C15H17N3O3/c1-8-14(10(3)19)9(2)18(17-8)11-5-6-13(21-4)12(7-11)15(16)20/h5-7H,1-4H3,(H2,16,20). The van der Waals surface area contributed by atoms with E-state index in [1.165, 1.54) is 14.0 Å². The summed E-state index contributed by atoms with van der Waals surface area (Å²) in [5.74, 6) is -0.221. The zero-order valence-electron chi connectivity index (χ0n) is 12.4. The van der Waals surface area contributed by atoms with Gasteiger partial charge in [-0.3, -0.25) is 9.59 Å². The molecule has 1 heterocycles. The lowest BCUT2D eigenvalue weighted by Gasteiger charge is -2.09. The average molecular weight is 287 g/mol. The molecule has 0 aliphatic rings. The van der Waals surface area contributed by atoms with Crippen LogP contribution in [0.5, 0.6) is 5.75 Å². The van der Waals surface area contributed by atoms with Gasteiger partial charge in [-0.25, -0.2) is 4.68 Å². The monoisotopic (exact) mass is 287 g/mol. The fraction of sp³-hybridized carbons (Fsp3) is 0.267. The van der Waals surface area contributed by atoms with Crippen LogP contribution in [0.3, 0.4) is 0 Å². The number of nitrogens with two attached hydrogens (primary N) is 1. The van der Waals surface area contributed by atoms with Crippen molar-refractivity contribution in [2.75, 3.05) is 7.11 Å². The number of hydrogen-bond donors (Lipinski definition) is 1. The lowest BCUT2D eigenvalue weighted by atomic mass is 10.1. The molecule has 2 N–H and O–H groups in total. The minimum atomic E-state index is -0.581. The van der Waals surface area contributed by atoms with Crippen molar-refractivity contribution in [3.05, 3.63) is 40.7 Å². The summed E-state index contributed by atoms with van der Waals surface area (Å²) in [7, 11) is 1.47. The van der Waals surface area contributed by atoms with Gasteiger partial charge in [0.1, 0.15) is 5.75 Å². The Morgan fingerprint density at radius 3 is 2.43 bits per heavy atom. The van der Waals surface area contributed by atoms with Gasteiger partial charge in [-0.2, -0.15) is 5.10 Å². The maximum absolute atomic E-state index is 11.7. The first-order valence-electron chi connectivity index (χ1n) is 6.42. The Hall–Kier alpha value is -2.63. The van der Waals surface area contributed by atoms with Crippen LogP contribution in [-0.2, 0) is 0 Å². The van der Waals surface area contributed by atoms with E-state index in [0.717, 1.165) is 5.69 Å². The van der Waals surface area contributed by atoms with Crippen LogP contribution >= 0.6 is 0 Å². The van der Waals surface area contributed by atoms with E-state index in [-0.39, 0.29) is 11.3 Å². The summed E-state index contributed by atoms with van der Waals surface area (Å²) in [6.45, 7) is 5.09. The maximum Gasteiger partial charge on any atom is 0.252 e. The minimum absolute atomic E-state index is 0.0418. The van der Waals surface area contributed by atoms with Gasteiger partial charge in [0, 0.05) is 0 Å². The molecule has 0 unspecified atom stereocenters. The first-order valence-corrected chi connectivity index (χ1v) is 6.42. The molecule has 1 aromatic heterocycles. The number of methoxy groups -OCH3 is 1. The van der Waals surface area contributed by atoms with Crippen molar-refractivity contribution in [2.24, 2.45) is 5.73 Å². The summed E-state index contributed by atoms with van der Waals surface area (Å²) in [5, 5.41) is 4.36. The molecule has 0 saturated carbocycles. The molecule has 0 aliphatic carbocycles. The topological polar surface area (TPSA) is 87.2 Å². The molecule has 21 heavy (non-hydrogen) atoms. The number of primary amides is 1. The maximum atomic E-state index is 11.7. The van der Waals surface area contributed by atoms with Gasteiger partial charge in [-0.05, 0) is 39.0 Å². The van der Waals surface area contributed by atoms with Crippen LogP contribution in [0.2, 0.25) is 0 Å². The Morgan fingerprint density at radius 1 is 1.29 bits per heavy atom. The minimum Gasteiger partial charge on any atom is -0.496 e. The third-order valence-corrected chi connectivity index (χ3v) is 3.34. The van der Waals surface area contributed by atoms with E-state index in [0.29, 0.717) is 22.7 Å². The highest BCUT2D eigenvalue weighted by molar-refractivity contribution is 5.97. The van der Waals surface area contributed by atoms with Crippen LogP contribution in [0.1, 0.15) is 39.0 Å². The fourth-order valence-corrected chi connectivity index (χ4v) is 2.42. The second-order valence-electron chi connectivity index (χ2n) is 4.76. The smallest absolute Gasteiger partial charge is 0.252 e. The number of carbonyl (C=O) groups is 2. The highest BCUT2D eigenvalue weighted by Gasteiger charge is 2.18. The summed E-state index contributed by atoms with van der Waals surface area (Å²) >= 11 is 0. The van der Waals surface area contributed by atoms with Crippen molar-refractivity contribution >= 4 is 11.7 Å². The lowest BCUT2D eigenvalue weighted by Crippen LogP contribution is -2.13. The van der Waals surface area contributed by atoms with Gasteiger partial charge in [0.05, 0.1) is 35.3 Å². The second kappa shape index (κ2) is 5.40. The summed E-state index contributed by atoms with van der Waals surface area (Å²) in [5.41, 5.74) is 8.24. The van der Waals surface area contributed by atoms with Gasteiger partial charge < -0.3 is 10.5 Å². The Kier molecular flexibility index (Phi) is 3.80. The largest absolute Gasteiger partial charge is 0.496 e. The highest BCUT2D eigenvalue weighted by atomic mass is 16.5. The molecule has 0 fully saturated rings. The number of carbonyl (C=O) groups excluding carboxylic acids is 2. The first kappa shape index (κ1) is 14.8. The van der Waals surface area contributed by atoms with E-state index in [9.17, 15) is 9.59 Å². The number of hydrogen-bond acceptors (Lipinski definition) is 4. The number of Topliss-reactive ketones (excluding diaryl/α,β-unsaturated/α-hetero) is 1. The van der Waals surface area contributed by atoms with Crippen LogP contribution in [0.15, 0.2) is 18.2 Å². The molecule has 0 bridgehead atoms. The number of ketones is 1. The molecule has 0 spiro atoms. The number of ether oxygens (including phenoxy) is 1. The van der Waals surface area contributed by atoms with Gasteiger partial charge in [0.25, 0.3) is 5.91 Å². The Bertz CT molecular complexity index is 732. The molecule has 1 aromatic carbocycles. The normalized spacial score (nSPS) is 10.5. The third-order valence-electron chi connectivity index (χ3n) is 3.34. The van der Waals surface area contributed by atoms with E-state index in [1.807, 2.05) is 6.92 Å².